The quantitative estimate of drug-likeness (QED) is 0.739. The fourth-order valence-electron chi connectivity index (χ4n) is 4.28. The SMILES string of the molecule is CCC(CC)C(=O)N1CCC(NC(=O)CCC(=O)N2CCc3sccc3C2)CC1. The minimum atomic E-state index is -0.0589. The minimum Gasteiger partial charge on any atom is -0.353 e. The lowest BCUT2D eigenvalue weighted by atomic mass is 9.98. The average molecular weight is 420 g/mol. The van der Waals surface area contributed by atoms with Gasteiger partial charge in [-0.2, -0.15) is 0 Å². The van der Waals surface area contributed by atoms with Crippen molar-refractivity contribution in [2.24, 2.45) is 5.92 Å². The highest BCUT2D eigenvalue weighted by Gasteiger charge is 2.27. The van der Waals surface area contributed by atoms with Crippen molar-refractivity contribution in [2.75, 3.05) is 19.6 Å². The van der Waals surface area contributed by atoms with Crippen LogP contribution in [0.25, 0.3) is 0 Å². The molecule has 0 aliphatic carbocycles. The summed E-state index contributed by atoms with van der Waals surface area (Å²) in [6, 6.07) is 2.19. The van der Waals surface area contributed by atoms with Gasteiger partial charge in [-0.05, 0) is 49.1 Å². The average Bonchev–Trinajstić information content (AvgIpc) is 3.21. The van der Waals surface area contributed by atoms with Crippen LogP contribution in [0.2, 0.25) is 0 Å². The maximum absolute atomic E-state index is 12.5. The summed E-state index contributed by atoms with van der Waals surface area (Å²) in [7, 11) is 0. The van der Waals surface area contributed by atoms with Crippen LogP contribution in [0.1, 0.15) is 62.8 Å². The molecule has 0 aromatic carbocycles. The number of likely N-dealkylation sites (tertiary alicyclic amines) is 1. The summed E-state index contributed by atoms with van der Waals surface area (Å²) in [5.41, 5.74) is 1.24. The topological polar surface area (TPSA) is 69.7 Å². The lowest BCUT2D eigenvalue weighted by molar-refractivity contribution is -0.137. The minimum absolute atomic E-state index is 0.0580. The normalized spacial score (nSPS) is 17.3. The Labute approximate surface area is 177 Å². The second kappa shape index (κ2) is 10.2. The van der Waals surface area contributed by atoms with E-state index in [9.17, 15) is 14.4 Å². The number of hydrogen-bond acceptors (Lipinski definition) is 4. The first kappa shape index (κ1) is 21.8. The molecule has 160 valence electrons. The van der Waals surface area contributed by atoms with Crippen molar-refractivity contribution in [3.05, 3.63) is 21.9 Å². The zero-order valence-corrected chi connectivity index (χ0v) is 18.4. The van der Waals surface area contributed by atoms with Gasteiger partial charge in [0.2, 0.25) is 17.7 Å². The molecule has 3 rings (SSSR count). The Hall–Kier alpha value is -1.89. The van der Waals surface area contributed by atoms with Crippen molar-refractivity contribution in [3.63, 3.8) is 0 Å². The van der Waals surface area contributed by atoms with Crippen LogP contribution in [0.3, 0.4) is 0 Å². The molecule has 1 fully saturated rings. The molecular formula is C22H33N3O3S. The molecule has 1 N–H and O–H groups in total. The maximum Gasteiger partial charge on any atom is 0.225 e. The molecule has 2 aliphatic rings. The van der Waals surface area contributed by atoms with Crippen molar-refractivity contribution < 1.29 is 14.4 Å². The number of carbonyl (C=O) groups excluding carboxylic acids is 3. The largest absolute Gasteiger partial charge is 0.353 e. The fourth-order valence-corrected chi connectivity index (χ4v) is 5.17. The molecule has 0 radical (unpaired) electrons. The van der Waals surface area contributed by atoms with Gasteiger partial charge in [-0.15, -0.1) is 11.3 Å². The molecule has 0 spiro atoms. The molecular weight excluding hydrogens is 386 g/mol. The van der Waals surface area contributed by atoms with Crippen molar-refractivity contribution in [3.8, 4) is 0 Å². The molecule has 6 nitrogen and oxygen atoms in total. The molecule has 1 saturated heterocycles. The van der Waals surface area contributed by atoms with E-state index >= 15 is 0 Å². The molecule has 2 aliphatic heterocycles. The molecule has 0 atom stereocenters. The predicted octanol–water partition coefficient (Wildman–Crippen LogP) is 2.96. The van der Waals surface area contributed by atoms with Crippen molar-refractivity contribution in [1.29, 1.82) is 0 Å². The maximum atomic E-state index is 12.5. The van der Waals surface area contributed by atoms with Crippen LogP contribution in [-0.4, -0.2) is 53.2 Å². The van der Waals surface area contributed by atoms with Gasteiger partial charge in [-0.3, -0.25) is 14.4 Å². The zero-order valence-electron chi connectivity index (χ0n) is 17.6. The number of piperidine rings is 1. The van der Waals surface area contributed by atoms with Crippen molar-refractivity contribution in [2.45, 2.75) is 71.4 Å². The molecule has 3 amide bonds. The number of carbonyl (C=O) groups is 3. The Kier molecular flexibility index (Phi) is 7.70. The Morgan fingerprint density at radius 3 is 2.52 bits per heavy atom. The van der Waals surface area contributed by atoms with Gasteiger partial charge < -0.3 is 15.1 Å². The smallest absolute Gasteiger partial charge is 0.225 e. The van der Waals surface area contributed by atoms with Gasteiger partial charge >= 0.3 is 0 Å². The third-order valence-corrected chi connectivity index (χ3v) is 7.26. The van der Waals surface area contributed by atoms with Crippen LogP contribution in [0.4, 0.5) is 0 Å². The molecule has 0 bridgehead atoms. The van der Waals surface area contributed by atoms with Crippen LogP contribution in [0, 0.1) is 5.92 Å². The van der Waals surface area contributed by atoms with E-state index in [-0.39, 0.29) is 42.5 Å². The highest BCUT2D eigenvalue weighted by atomic mass is 32.1. The van der Waals surface area contributed by atoms with Crippen molar-refractivity contribution >= 4 is 29.1 Å². The second-order valence-electron chi connectivity index (χ2n) is 8.11. The van der Waals surface area contributed by atoms with E-state index in [0.717, 1.165) is 38.6 Å². The number of thiophene rings is 1. The van der Waals surface area contributed by atoms with E-state index in [0.29, 0.717) is 19.6 Å². The Bertz CT molecular complexity index is 721. The summed E-state index contributed by atoms with van der Waals surface area (Å²) in [6.07, 6.45) is 4.75. The van der Waals surface area contributed by atoms with Gasteiger partial charge in [0.15, 0.2) is 0 Å². The monoisotopic (exact) mass is 419 g/mol. The number of fused-ring (bicyclic) bond motifs is 1. The first-order valence-electron chi connectivity index (χ1n) is 10.9. The number of rotatable bonds is 7. The predicted molar refractivity (Wildman–Crippen MR) is 114 cm³/mol. The summed E-state index contributed by atoms with van der Waals surface area (Å²) >= 11 is 1.76. The third-order valence-electron chi connectivity index (χ3n) is 6.23. The van der Waals surface area contributed by atoms with Crippen LogP contribution < -0.4 is 5.32 Å². The number of amides is 3. The zero-order chi connectivity index (χ0) is 20.8. The second-order valence-corrected chi connectivity index (χ2v) is 9.12. The number of hydrogen-bond donors (Lipinski definition) is 1. The number of nitrogens with one attached hydrogen (secondary N) is 1. The summed E-state index contributed by atoms with van der Waals surface area (Å²) in [6.45, 7) is 6.94. The fraction of sp³-hybridized carbons (Fsp3) is 0.682. The molecule has 0 saturated carbocycles. The summed E-state index contributed by atoms with van der Waals surface area (Å²) in [5.74, 6) is 0.367. The van der Waals surface area contributed by atoms with E-state index in [1.807, 2.05) is 9.80 Å². The molecule has 0 unspecified atom stereocenters. The van der Waals surface area contributed by atoms with E-state index in [4.69, 9.17) is 0 Å². The first-order chi connectivity index (χ1) is 14.0. The van der Waals surface area contributed by atoms with E-state index in [2.05, 4.69) is 30.6 Å². The van der Waals surface area contributed by atoms with Gasteiger partial charge in [0, 0.05) is 55.9 Å². The molecule has 7 heteroatoms. The molecule has 1 aromatic rings. The standard InChI is InChI=1S/C22H33N3O3S/c1-3-16(4-2)22(28)24-11-7-18(8-12-24)23-20(26)5-6-21(27)25-13-9-19-17(15-25)10-14-29-19/h10,14,16,18H,3-9,11-13,15H2,1-2H3,(H,23,26). The third kappa shape index (κ3) is 5.59. The van der Waals surface area contributed by atoms with Crippen LogP contribution in [0.15, 0.2) is 11.4 Å². The highest BCUT2D eigenvalue weighted by Crippen LogP contribution is 2.24. The highest BCUT2D eigenvalue weighted by molar-refractivity contribution is 7.10. The first-order valence-corrected chi connectivity index (χ1v) is 11.8. The van der Waals surface area contributed by atoms with Crippen LogP contribution in [-0.2, 0) is 27.3 Å². The molecule has 1 aromatic heterocycles. The van der Waals surface area contributed by atoms with Gasteiger partial charge in [-0.1, -0.05) is 13.8 Å². The van der Waals surface area contributed by atoms with Crippen LogP contribution in [0.5, 0.6) is 0 Å². The Morgan fingerprint density at radius 1 is 1.10 bits per heavy atom. The van der Waals surface area contributed by atoms with Gasteiger partial charge in [0.05, 0.1) is 0 Å². The summed E-state index contributed by atoms with van der Waals surface area (Å²) in [5, 5.41) is 5.14. The lowest BCUT2D eigenvalue weighted by Crippen LogP contribution is -2.48. The molecule has 3 heterocycles. The number of nitrogens with zero attached hydrogens (tertiary/aromatic N) is 2. The Balaban J connectivity index is 1.36. The van der Waals surface area contributed by atoms with E-state index in [1.165, 1.54) is 10.4 Å². The summed E-state index contributed by atoms with van der Waals surface area (Å²) < 4.78 is 0. The van der Waals surface area contributed by atoms with E-state index < -0.39 is 0 Å². The lowest BCUT2D eigenvalue weighted by Gasteiger charge is -2.34. The Morgan fingerprint density at radius 2 is 1.83 bits per heavy atom. The van der Waals surface area contributed by atoms with Gasteiger partial charge in [-0.25, -0.2) is 0 Å². The van der Waals surface area contributed by atoms with Gasteiger partial charge in [0.25, 0.3) is 0 Å². The van der Waals surface area contributed by atoms with E-state index in [1.54, 1.807) is 11.3 Å². The van der Waals surface area contributed by atoms with Gasteiger partial charge in [0.1, 0.15) is 0 Å². The van der Waals surface area contributed by atoms with Crippen LogP contribution >= 0.6 is 11.3 Å². The summed E-state index contributed by atoms with van der Waals surface area (Å²) in [4.78, 5) is 42.4. The molecule has 29 heavy (non-hydrogen) atoms. The van der Waals surface area contributed by atoms with Crippen molar-refractivity contribution in [1.82, 2.24) is 15.1 Å².